The smallest absolute Gasteiger partial charge is 0.190 e. The van der Waals surface area contributed by atoms with Crippen molar-refractivity contribution in [2.45, 2.75) is 87.9 Å². The molecule has 8 atom stereocenters. The number of rotatable bonds is 4. The molecule has 0 bridgehead atoms. The van der Waals surface area contributed by atoms with Crippen LogP contribution in [0, 0.1) is 11.3 Å². The molecule has 152 valence electrons. The van der Waals surface area contributed by atoms with Gasteiger partial charge in [-0.1, -0.05) is 0 Å². The Hall–Kier alpha value is -0.870. The summed E-state index contributed by atoms with van der Waals surface area (Å²) >= 11 is 0. The Labute approximate surface area is 157 Å². The van der Waals surface area contributed by atoms with Crippen molar-refractivity contribution in [3.8, 4) is 6.07 Å². The molecule has 4 rings (SSSR count). The maximum atomic E-state index is 10.5. The van der Waals surface area contributed by atoms with Gasteiger partial charge in [-0.15, -0.1) is 0 Å². The molecule has 0 radical (unpaired) electrons. The molecule has 4 fully saturated rings. The maximum absolute atomic E-state index is 10.5. The zero-order chi connectivity index (χ0) is 19.6. The van der Waals surface area contributed by atoms with Gasteiger partial charge in [0.25, 0.3) is 0 Å². The van der Waals surface area contributed by atoms with E-state index in [2.05, 4.69) is 11.4 Å². The van der Waals surface area contributed by atoms with Crippen LogP contribution in [0.5, 0.6) is 0 Å². The van der Waals surface area contributed by atoms with Gasteiger partial charge in [0.15, 0.2) is 29.7 Å². The number of aliphatic hydroxyl groups excluding tert-OH is 2. The van der Waals surface area contributed by atoms with Crippen LogP contribution in [0.2, 0.25) is 0 Å². The Morgan fingerprint density at radius 1 is 1.00 bits per heavy atom. The molecule has 0 aromatic heterocycles. The van der Waals surface area contributed by atoms with Crippen LogP contribution in [0.15, 0.2) is 0 Å². The molecule has 4 heterocycles. The van der Waals surface area contributed by atoms with Crippen LogP contribution in [0.4, 0.5) is 0 Å². The number of ether oxygens (including phenoxy) is 6. The number of nitrogens with zero attached hydrogens (tertiary/aromatic N) is 1. The molecule has 0 unspecified atom stereocenters. The van der Waals surface area contributed by atoms with Crippen molar-refractivity contribution in [3.63, 3.8) is 0 Å². The van der Waals surface area contributed by atoms with Gasteiger partial charge >= 0.3 is 0 Å². The third-order valence-corrected chi connectivity index (χ3v) is 5.37. The fourth-order valence-corrected chi connectivity index (χ4v) is 4.16. The average molecular weight is 386 g/mol. The quantitative estimate of drug-likeness (QED) is 0.549. The lowest BCUT2D eigenvalue weighted by atomic mass is 9.89. The average Bonchev–Trinajstić information content (AvgIpc) is 3.23. The lowest BCUT2D eigenvalue weighted by Crippen LogP contribution is -2.61. The monoisotopic (exact) mass is 386 g/mol. The van der Waals surface area contributed by atoms with Gasteiger partial charge in [-0.25, -0.2) is 0 Å². The molecule has 4 aliphatic rings. The molecule has 0 amide bonds. The van der Waals surface area contributed by atoms with Gasteiger partial charge in [0.05, 0.1) is 12.7 Å². The van der Waals surface area contributed by atoms with Gasteiger partial charge in [-0.05, 0) is 27.7 Å². The normalized spacial score (nSPS) is 49.7. The molecule has 4 aliphatic heterocycles. The van der Waals surface area contributed by atoms with E-state index in [0.29, 0.717) is 0 Å². The van der Waals surface area contributed by atoms with E-state index in [-0.39, 0.29) is 13.2 Å². The van der Waals surface area contributed by atoms with Crippen LogP contribution in [-0.4, -0.2) is 83.6 Å². The number of fused-ring (bicyclic) bond motifs is 2. The Balaban J connectivity index is 1.47. The van der Waals surface area contributed by atoms with Gasteiger partial charge in [-0.2, -0.15) is 5.26 Å². The van der Waals surface area contributed by atoms with Crippen molar-refractivity contribution in [3.05, 3.63) is 0 Å². The summed E-state index contributed by atoms with van der Waals surface area (Å²) in [6.07, 6.45) is -5.22. The second-order valence-electron chi connectivity index (χ2n) is 8.23. The third kappa shape index (κ3) is 3.07. The van der Waals surface area contributed by atoms with Crippen molar-refractivity contribution < 1.29 is 38.6 Å². The lowest BCUT2D eigenvalue weighted by Gasteiger charge is -2.34. The van der Waals surface area contributed by atoms with Crippen LogP contribution < -0.4 is 5.32 Å². The van der Waals surface area contributed by atoms with E-state index in [1.165, 1.54) is 0 Å². The van der Waals surface area contributed by atoms with Crippen LogP contribution in [0.25, 0.3) is 0 Å². The molecule has 10 heteroatoms. The summed E-state index contributed by atoms with van der Waals surface area (Å²) in [6, 6.07) is 2.19. The van der Waals surface area contributed by atoms with Gasteiger partial charge in [-0.3, -0.25) is 5.32 Å². The summed E-state index contributed by atoms with van der Waals surface area (Å²) < 4.78 is 34.3. The van der Waals surface area contributed by atoms with Crippen molar-refractivity contribution >= 4 is 0 Å². The predicted molar refractivity (Wildman–Crippen MR) is 86.8 cm³/mol. The van der Waals surface area contributed by atoms with Gasteiger partial charge in [0.1, 0.15) is 30.5 Å². The fourth-order valence-electron chi connectivity index (χ4n) is 4.16. The van der Waals surface area contributed by atoms with E-state index in [1.807, 2.05) is 0 Å². The molecule has 0 spiro atoms. The van der Waals surface area contributed by atoms with Gasteiger partial charge < -0.3 is 38.6 Å². The van der Waals surface area contributed by atoms with Crippen molar-refractivity contribution in [2.75, 3.05) is 13.2 Å². The van der Waals surface area contributed by atoms with E-state index in [1.54, 1.807) is 27.7 Å². The van der Waals surface area contributed by atoms with Crippen molar-refractivity contribution in [1.29, 1.82) is 5.26 Å². The largest absolute Gasteiger partial charge is 0.394 e. The minimum atomic E-state index is -1.35. The number of aliphatic hydroxyl groups is 2. The van der Waals surface area contributed by atoms with E-state index in [9.17, 15) is 15.5 Å². The van der Waals surface area contributed by atoms with E-state index in [4.69, 9.17) is 28.4 Å². The number of nitriles is 1. The minimum Gasteiger partial charge on any atom is -0.394 e. The standard InChI is InChI=1S/C17H26N2O8/c1-15(2)24-11-10(21)8(22-13(11)26-15)5-19-17(7-18)9(6-20)23-14-12(17)25-16(3,4)27-14/h8-14,19-21H,5-6H2,1-4H3/t8-,9-,10+,11-,12+,13-,14-,17-/m1/s1. The lowest BCUT2D eigenvalue weighted by molar-refractivity contribution is -0.218. The van der Waals surface area contributed by atoms with E-state index >= 15 is 0 Å². The molecule has 27 heavy (non-hydrogen) atoms. The fraction of sp³-hybridized carbons (Fsp3) is 0.941. The number of hydrogen-bond donors (Lipinski definition) is 3. The summed E-state index contributed by atoms with van der Waals surface area (Å²) in [7, 11) is 0. The van der Waals surface area contributed by atoms with Crippen LogP contribution in [0.3, 0.4) is 0 Å². The maximum Gasteiger partial charge on any atom is 0.190 e. The van der Waals surface area contributed by atoms with Crippen LogP contribution >= 0.6 is 0 Å². The first-order valence-corrected chi connectivity index (χ1v) is 9.08. The molecule has 0 aromatic rings. The number of hydrogen-bond acceptors (Lipinski definition) is 10. The first-order chi connectivity index (χ1) is 12.6. The summed E-state index contributed by atoms with van der Waals surface area (Å²) in [4.78, 5) is 0. The highest BCUT2D eigenvalue weighted by Crippen LogP contribution is 2.43. The molecule has 4 saturated heterocycles. The predicted octanol–water partition coefficient (Wildman–Crippen LogP) is -1.06. The second-order valence-corrected chi connectivity index (χ2v) is 8.23. The highest BCUT2D eigenvalue weighted by Gasteiger charge is 2.64. The molecule has 0 aliphatic carbocycles. The summed E-state index contributed by atoms with van der Waals surface area (Å²) in [5.74, 6) is -1.73. The first-order valence-electron chi connectivity index (χ1n) is 9.08. The van der Waals surface area contributed by atoms with Gasteiger partial charge in [0.2, 0.25) is 0 Å². The van der Waals surface area contributed by atoms with Gasteiger partial charge in [0, 0.05) is 6.54 Å². The molecular weight excluding hydrogens is 360 g/mol. The topological polar surface area (TPSA) is 132 Å². The Bertz CT molecular complexity index is 637. The summed E-state index contributed by atoms with van der Waals surface area (Å²) in [6.45, 7) is 6.68. The zero-order valence-corrected chi connectivity index (χ0v) is 15.7. The number of nitrogens with one attached hydrogen (secondary N) is 1. The first kappa shape index (κ1) is 19.4. The Morgan fingerprint density at radius 3 is 2.30 bits per heavy atom. The highest BCUT2D eigenvalue weighted by atomic mass is 16.8. The minimum absolute atomic E-state index is 0.113. The molecular formula is C17H26N2O8. The summed E-state index contributed by atoms with van der Waals surface area (Å²) in [5.41, 5.74) is -1.35. The second kappa shape index (κ2) is 6.32. The molecule has 3 N–H and O–H groups in total. The molecule has 0 saturated carbocycles. The molecule has 0 aromatic carbocycles. The Kier molecular flexibility index (Phi) is 4.55. The van der Waals surface area contributed by atoms with Crippen molar-refractivity contribution in [1.82, 2.24) is 5.32 Å². The van der Waals surface area contributed by atoms with Crippen LogP contribution in [-0.2, 0) is 28.4 Å². The molecule has 10 nitrogen and oxygen atoms in total. The zero-order valence-electron chi connectivity index (χ0n) is 15.7. The van der Waals surface area contributed by atoms with E-state index in [0.717, 1.165) is 0 Å². The summed E-state index contributed by atoms with van der Waals surface area (Å²) in [5, 5.41) is 33.2. The Morgan fingerprint density at radius 2 is 1.67 bits per heavy atom. The highest BCUT2D eigenvalue weighted by molar-refractivity contribution is 5.23. The van der Waals surface area contributed by atoms with E-state index < -0.39 is 60.2 Å². The third-order valence-electron chi connectivity index (χ3n) is 5.37. The van der Waals surface area contributed by atoms with Crippen LogP contribution in [0.1, 0.15) is 27.7 Å². The SMILES string of the molecule is CC1(C)O[C@H]2O[C@H](CN[C@]3(C#N)[C@@H](CO)O[C@@H]4OC(C)(C)O[C@@H]43)[C@H](O)[C@H]2O1. The van der Waals surface area contributed by atoms with Crippen molar-refractivity contribution in [2.24, 2.45) is 0 Å².